The maximum atomic E-state index is 12.0. The molecule has 0 aromatic heterocycles. The van der Waals surface area contributed by atoms with Gasteiger partial charge >= 0.3 is 0 Å². The summed E-state index contributed by atoms with van der Waals surface area (Å²) in [4.78, 5) is 0. The first-order valence-corrected chi connectivity index (χ1v) is 7.60. The van der Waals surface area contributed by atoms with Gasteiger partial charge in [-0.25, -0.2) is 8.42 Å². The van der Waals surface area contributed by atoms with Gasteiger partial charge in [0.25, 0.3) is 0 Å². The third kappa shape index (κ3) is 4.04. The molecule has 4 heteroatoms. The maximum absolute atomic E-state index is 12.0. The molecule has 1 rings (SSSR count). The van der Waals surface area contributed by atoms with E-state index >= 15 is 0 Å². The van der Waals surface area contributed by atoms with Gasteiger partial charge in [-0.2, -0.15) is 0 Å². The van der Waals surface area contributed by atoms with Crippen molar-refractivity contribution in [3.05, 3.63) is 29.8 Å². The second-order valence-corrected chi connectivity index (χ2v) is 7.29. The summed E-state index contributed by atoms with van der Waals surface area (Å²) in [5, 5.41) is -0.281. The second kappa shape index (κ2) is 5.54. The Balaban J connectivity index is 2.64. The number of anilines is 1. The molecule has 0 fully saturated rings. The zero-order valence-electron chi connectivity index (χ0n) is 10.7. The standard InChI is InChI=1S/C13H21NO2S/c1-10(2)11(3)17(15,16)9-8-12-4-6-13(14)7-5-12/h4-7,10-11H,8-9,14H2,1-3H3. The summed E-state index contributed by atoms with van der Waals surface area (Å²) in [5.74, 6) is 0.363. The molecule has 1 atom stereocenters. The van der Waals surface area contributed by atoms with Gasteiger partial charge in [0.1, 0.15) is 0 Å². The average molecular weight is 255 g/mol. The number of sulfone groups is 1. The van der Waals surface area contributed by atoms with E-state index < -0.39 is 9.84 Å². The highest BCUT2D eigenvalue weighted by atomic mass is 32.2. The third-order valence-corrected chi connectivity index (χ3v) is 5.61. The highest BCUT2D eigenvalue weighted by molar-refractivity contribution is 7.92. The Kier molecular flexibility index (Phi) is 4.57. The molecule has 1 aromatic carbocycles. The number of rotatable bonds is 5. The van der Waals surface area contributed by atoms with Crippen molar-refractivity contribution in [2.24, 2.45) is 5.92 Å². The molecule has 0 aliphatic carbocycles. The first-order chi connectivity index (χ1) is 7.83. The lowest BCUT2D eigenvalue weighted by molar-refractivity contribution is 0.545. The van der Waals surface area contributed by atoms with E-state index in [1.165, 1.54) is 0 Å². The Morgan fingerprint density at radius 1 is 1.12 bits per heavy atom. The van der Waals surface area contributed by atoms with Gasteiger partial charge in [-0.3, -0.25) is 0 Å². The fourth-order valence-electron chi connectivity index (χ4n) is 1.54. The van der Waals surface area contributed by atoms with Crippen LogP contribution >= 0.6 is 0 Å². The van der Waals surface area contributed by atoms with Gasteiger partial charge in [0.05, 0.1) is 11.0 Å². The van der Waals surface area contributed by atoms with Gasteiger partial charge in [0.2, 0.25) is 0 Å². The summed E-state index contributed by atoms with van der Waals surface area (Å²) >= 11 is 0. The van der Waals surface area contributed by atoms with E-state index in [2.05, 4.69) is 0 Å². The minimum absolute atomic E-state index is 0.159. The lowest BCUT2D eigenvalue weighted by atomic mass is 10.1. The number of nitrogens with two attached hydrogens (primary N) is 1. The van der Waals surface area contributed by atoms with Crippen LogP contribution < -0.4 is 5.73 Å². The quantitative estimate of drug-likeness (QED) is 0.821. The second-order valence-electron chi connectivity index (χ2n) is 4.81. The van der Waals surface area contributed by atoms with E-state index in [9.17, 15) is 8.42 Å². The molecule has 0 radical (unpaired) electrons. The molecule has 0 saturated carbocycles. The first-order valence-electron chi connectivity index (χ1n) is 5.89. The Morgan fingerprint density at radius 2 is 1.65 bits per heavy atom. The predicted molar refractivity (Wildman–Crippen MR) is 72.6 cm³/mol. The van der Waals surface area contributed by atoms with Crippen LogP contribution in [0.25, 0.3) is 0 Å². The van der Waals surface area contributed by atoms with Crippen molar-refractivity contribution >= 4 is 15.5 Å². The van der Waals surface area contributed by atoms with Crippen molar-refractivity contribution in [1.29, 1.82) is 0 Å². The van der Waals surface area contributed by atoms with Crippen molar-refractivity contribution in [3.63, 3.8) is 0 Å². The fraction of sp³-hybridized carbons (Fsp3) is 0.538. The zero-order chi connectivity index (χ0) is 13.1. The van der Waals surface area contributed by atoms with Crippen LogP contribution in [0.15, 0.2) is 24.3 Å². The minimum atomic E-state index is -3.00. The molecule has 0 saturated heterocycles. The van der Waals surface area contributed by atoms with Crippen LogP contribution in [0.3, 0.4) is 0 Å². The maximum Gasteiger partial charge on any atom is 0.153 e. The van der Waals surface area contributed by atoms with Crippen molar-refractivity contribution in [2.45, 2.75) is 32.4 Å². The van der Waals surface area contributed by atoms with E-state index in [1.54, 1.807) is 19.1 Å². The van der Waals surface area contributed by atoms with Gasteiger partial charge in [0.15, 0.2) is 9.84 Å². The monoisotopic (exact) mass is 255 g/mol. The molecule has 96 valence electrons. The summed E-state index contributed by atoms with van der Waals surface area (Å²) < 4.78 is 24.0. The highest BCUT2D eigenvalue weighted by Gasteiger charge is 2.23. The molecular formula is C13H21NO2S. The third-order valence-electron chi connectivity index (χ3n) is 3.16. The highest BCUT2D eigenvalue weighted by Crippen LogP contribution is 2.14. The molecule has 0 amide bonds. The van der Waals surface area contributed by atoms with Gasteiger partial charge in [-0.1, -0.05) is 26.0 Å². The van der Waals surface area contributed by atoms with Crippen LogP contribution in [0, 0.1) is 5.92 Å². The van der Waals surface area contributed by atoms with Gasteiger partial charge in [0, 0.05) is 5.69 Å². The van der Waals surface area contributed by atoms with E-state index in [4.69, 9.17) is 5.73 Å². The molecule has 0 heterocycles. The lowest BCUT2D eigenvalue weighted by Crippen LogP contribution is -2.26. The largest absolute Gasteiger partial charge is 0.399 e. The lowest BCUT2D eigenvalue weighted by Gasteiger charge is -2.16. The van der Waals surface area contributed by atoms with E-state index in [0.717, 1.165) is 5.56 Å². The average Bonchev–Trinajstić information content (AvgIpc) is 2.27. The molecule has 17 heavy (non-hydrogen) atoms. The van der Waals surface area contributed by atoms with Gasteiger partial charge < -0.3 is 5.73 Å². The summed E-state index contributed by atoms with van der Waals surface area (Å²) in [6, 6.07) is 7.36. The van der Waals surface area contributed by atoms with Crippen LogP contribution in [-0.4, -0.2) is 19.4 Å². The van der Waals surface area contributed by atoms with Gasteiger partial charge in [-0.15, -0.1) is 0 Å². The number of hydrogen-bond acceptors (Lipinski definition) is 3. The van der Waals surface area contributed by atoms with Crippen LogP contribution in [0.1, 0.15) is 26.3 Å². The first kappa shape index (κ1) is 14.0. The van der Waals surface area contributed by atoms with Crippen molar-refractivity contribution in [3.8, 4) is 0 Å². The topological polar surface area (TPSA) is 60.2 Å². The van der Waals surface area contributed by atoms with Crippen LogP contribution in [0.4, 0.5) is 5.69 Å². The summed E-state index contributed by atoms with van der Waals surface area (Å²) in [7, 11) is -3.00. The molecular weight excluding hydrogens is 234 g/mol. The van der Waals surface area contributed by atoms with Gasteiger partial charge in [-0.05, 0) is 37.0 Å². The smallest absolute Gasteiger partial charge is 0.153 e. The van der Waals surface area contributed by atoms with E-state index in [1.807, 2.05) is 26.0 Å². The molecule has 0 aliphatic rings. The summed E-state index contributed by atoms with van der Waals surface area (Å²) in [5.41, 5.74) is 7.29. The minimum Gasteiger partial charge on any atom is -0.399 e. The van der Waals surface area contributed by atoms with Crippen molar-refractivity contribution in [1.82, 2.24) is 0 Å². The van der Waals surface area contributed by atoms with Crippen LogP contribution in [0.2, 0.25) is 0 Å². The molecule has 1 unspecified atom stereocenters. The zero-order valence-corrected chi connectivity index (χ0v) is 11.5. The Hall–Kier alpha value is -1.03. The molecule has 0 bridgehead atoms. The van der Waals surface area contributed by atoms with Crippen molar-refractivity contribution < 1.29 is 8.42 Å². The number of aryl methyl sites for hydroxylation is 1. The van der Waals surface area contributed by atoms with Crippen LogP contribution in [0.5, 0.6) is 0 Å². The molecule has 3 nitrogen and oxygen atoms in total. The Bertz CT molecular complexity index is 449. The predicted octanol–water partition coefficient (Wildman–Crippen LogP) is 2.27. The Morgan fingerprint density at radius 3 is 2.12 bits per heavy atom. The summed E-state index contributed by atoms with van der Waals surface area (Å²) in [6.45, 7) is 5.65. The molecule has 1 aromatic rings. The molecule has 0 spiro atoms. The Labute approximate surface area is 104 Å². The number of nitrogen functional groups attached to an aromatic ring is 1. The number of hydrogen-bond donors (Lipinski definition) is 1. The normalized spacial score (nSPS) is 13.9. The summed E-state index contributed by atoms with van der Waals surface area (Å²) in [6.07, 6.45) is 0.555. The van der Waals surface area contributed by atoms with E-state index in [-0.39, 0.29) is 16.9 Å². The van der Waals surface area contributed by atoms with E-state index in [0.29, 0.717) is 12.1 Å². The van der Waals surface area contributed by atoms with Crippen LogP contribution in [-0.2, 0) is 16.3 Å². The SMILES string of the molecule is CC(C)C(C)S(=O)(=O)CCc1ccc(N)cc1. The molecule has 2 N–H and O–H groups in total. The van der Waals surface area contributed by atoms with Crippen molar-refractivity contribution in [2.75, 3.05) is 11.5 Å². The number of benzene rings is 1. The fourth-order valence-corrected chi connectivity index (χ4v) is 3.27. The molecule has 0 aliphatic heterocycles.